The molecule has 0 spiro atoms. The van der Waals surface area contributed by atoms with E-state index < -0.39 is 6.09 Å². The number of imidazole rings is 1. The standard InChI is InChI=1S/C9H15N3O2/c1-3-7(8-10-5-6-11-8)12-9(13)14-4-2/h5-7H,3-4H2,1-2H3,(H,10,11)(H,12,13). The lowest BCUT2D eigenvalue weighted by Gasteiger charge is -2.13. The molecular weight excluding hydrogens is 182 g/mol. The second kappa shape index (κ2) is 5.26. The number of hydrogen-bond acceptors (Lipinski definition) is 3. The molecule has 0 saturated carbocycles. The van der Waals surface area contributed by atoms with Gasteiger partial charge in [0, 0.05) is 12.4 Å². The molecule has 5 heteroatoms. The summed E-state index contributed by atoms with van der Waals surface area (Å²) in [5.74, 6) is 0.751. The maximum absolute atomic E-state index is 11.1. The molecule has 1 heterocycles. The molecule has 1 rings (SSSR count). The van der Waals surface area contributed by atoms with Gasteiger partial charge in [-0.05, 0) is 13.3 Å². The highest BCUT2D eigenvalue weighted by molar-refractivity contribution is 5.67. The smallest absolute Gasteiger partial charge is 0.407 e. The third-order valence-corrected chi connectivity index (χ3v) is 1.83. The normalized spacial score (nSPS) is 12.1. The summed E-state index contributed by atoms with van der Waals surface area (Å²) < 4.78 is 4.78. The van der Waals surface area contributed by atoms with Crippen LogP contribution in [0.2, 0.25) is 0 Å². The van der Waals surface area contributed by atoms with Gasteiger partial charge in [-0.3, -0.25) is 0 Å². The highest BCUT2D eigenvalue weighted by Gasteiger charge is 2.14. The Hall–Kier alpha value is -1.52. The van der Waals surface area contributed by atoms with E-state index in [1.807, 2.05) is 6.92 Å². The first-order valence-electron chi connectivity index (χ1n) is 4.70. The molecule has 0 aliphatic heterocycles. The third-order valence-electron chi connectivity index (χ3n) is 1.83. The maximum atomic E-state index is 11.1. The number of aromatic nitrogens is 2. The molecule has 1 aromatic heterocycles. The van der Waals surface area contributed by atoms with E-state index in [1.165, 1.54) is 0 Å². The van der Waals surface area contributed by atoms with E-state index in [0.29, 0.717) is 6.61 Å². The Labute approximate surface area is 82.9 Å². The van der Waals surface area contributed by atoms with Crippen molar-refractivity contribution in [3.05, 3.63) is 18.2 Å². The van der Waals surface area contributed by atoms with Crippen LogP contribution in [0.15, 0.2) is 12.4 Å². The summed E-state index contributed by atoms with van der Waals surface area (Å²) in [6, 6.07) is -0.107. The predicted octanol–water partition coefficient (Wildman–Crippen LogP) is 1.61. The van der Waals surface area contributed by atoms with Crippen LogP contribution in [0.5, 0.6) is 0 Å². The Kier molecular flexibility index (Phi) is 3.97. The van der Waals surface area contributed by atoms with Crippen molar-refractivity contribution in [1.82, 2.24) is 15.3 Å². The van der Waals surface area contributed by atoms with Crippen LogP contribution in [-0.2, 0) is 4.74 Å². The minimum absolute atomic E-state index is 0.107. The van der Waals surface area contributed by atoms with Gasteiger partial charge in [-0.2, -0.15) is 0 Å². The van der Waals surface area contributed by atoms with Gasteiger partial charge in [-0.1, -0.05) is 6.92 Å². The van der Waals surface area contributed by atoms with Crippen LogP contribution in [0.1, 0.15) is 32.1 Å². The Morgan fingerprint density at radius 2 is 2.50 bits per heavy atom. The van der Waals surface area contributed by atoms with E-state index >= 15 is 0 Å². The Bertz CT molecular complexity index is 272. The van der Waals surface area contributed by atoms with Gasteiger partial charge in [-0.25, -0.2) is 9.78 Å². The summed E-state index contributed by atoms with van der Waals surface area (Å²) in [4.78, 5) is 18.2. The summed E-state index contributed by atoms with van der Waals surface area (Å²) in [5, 5.41) is 2.72. The molecule has 1 aromatic rings. The van der Waals surface area contributed by atoms with Gasteiger partial charge in [0.25, 0.3) is 0 Å². The zero-order valence-corrected chi connectivity index (χ0v) is 8.41. The number of rotatable bonds is 4. The Balaban J connectivity index is 2.51. The molecule has 1 atom stereocenters. The van der Waals surface area contributed by atoms with E-state index in [0.717, 1.165) is 12.2 Å². The first-order valence-corrected chi connectivity index (χ1v) is 4.70. The Morgan fingerprint density at radius 1 is 1.71 bits per heavy atom. The van der Waals surface area contributed by atoms with Gasteiger partial charge in [0.1, 0.15) is 5.82 Å². The van der Waals surface area contributed by atoms with E-state index in [2.05, 4.69) is 15.3 Å². The van der Waals surface area contributed by atoms with Crippen molar-refractivity contribution < 1.29 is 9.53 Å². The SMILES string of the molecule is CCOC(=O)NC(CC)c1ncc[nH]1. The topological polar surface area (TPSA) is 67.0 Å². The highest BCUT2D eigenvalue weighted by atomic mass is 16.5. The summed E-state index contributed by atoms with van der Waals surface area (Å²) in [5.41, 5.74) is 0. The Morgan fingerprint density at radius 3 is 3.00 bits per heavy atom. The molecule has 0 radical (unpaired) electrons. The van der Waals surface area contributed by atoms with Crippen LogP contribution in [0, 0.1) is 0 Å². The number of amides is 1. The minimum Gasteiger partial charge on any atom is -0.450 e. The minimum atomic E-state index is -0.407. The lowest BCUT2D eigenvalue weighted by molar-refractivity contribution is 0.147. The molecule has 1 amide bonds. The van der Waals surface area contributed by atoms with E-state index in [1.54, 1.807) is 19.3 Å². The fraction of sp³-hybridized carbons (Fsp3) is 0.556. The van der Waals surface area contributed by atoms with Gasteiger partial charge < -0.3 is 15.0 Å². The largest absolute Gasteiger partial charge is 0.450 e. The number of H-pyrrole nitrogens is 1. The molecule has 0 fully saturated rings. The highest BCUT2D eigenvalue weighted by Crippen LogP contribution is 2.10. The fourth-order valence-corrected chi connectivity index (χ4v) is 1.15. The maximum Gasteiger partial charge on any atom is 0.407 e. The van der Waals surface area contributed by atoms with Gasteiger partial charge in [0.05, 0.1) is 12.6 Å². The number of carbonyl (C=O) groups is 1. The second-order valence-corrected chi connectivity index (χ2v) is 2.80. The van der Waals surface area contributed by atoms with Crippen molar-refractivity contribution >= 4 is 6.09 Å². The molecule has 1 unspecified atom stereocenters. The van der Waals surface area contributed by atoms with E-state index in [4.69, 9.17) is 4.74 Å². The van der Waals surface area contributed by atoms with Crippen molar-refractivity contribution in [3.63, 3.8) is 0 Å². The fourth-order valence-electron chi connectivity index (χ4n) is 1.15. The lowest BCUT2D eigenvalue weighted by Crippen LogP contribution is -2.29. The van der Waals surface area contributed by atoms with Crippen molar-refractivity contribution in [2.75, 3.05) is 6.61 Å². The summed E-state index contributed by atoms with van der Waals surface area (Å²) in [6.07, 6.45) is 3.75. The molecule has 14 heavy (non-hydrogen) atoms. The lowest BCUT2D eigenvalue weighted by atomic mass is 10.2. The molecule has 0 aliphatic rings. The summed E-state index contributed by atoms with van der Waals surface area (Å²) in [6.45, 7) is 4.12. The average molecular weight is 197 g/mol. The van der Waals surface area contributed by atoms with Crippen molar-refractivity contribution in [3.8, 4) is 0 Å². The average Bonchev–Trinajstić information content (AvgIpc) is 2.67. The zero-order chi connectivity index (χ0) is 10.4. The predicted molar refractivity (Wildman–Crippen MR) is 51.8 cm³/mol. The first-order chi connectivity index (χ1) is 6.77. The molecule has 0 saturated heterocycles. The van der Waals surface area contributed by atoms with Crippen LogP contribution < -0.4 is 5.32 Å². The monoisotopic (exact) mass is 197 g/mol. The van der Waals surface area contributed by atoms with E-state index in [9.17, 15) is 4.79 Å². The molecule has 2 N–H and O–H groups in total. The first kappa shape index (κ1) is 10.6. The van der Waals surface area contributed by atoms with Crippen molar-refractivity contribution in [2.24, 2.45) is 0 Å². The van der Waals surface area contributed by atoms with Crippen LogP contribution in [0.4, 0.5) is 4.79 Å². The second-order valence-electron chi connectivity index (χ2n) is 2.80. The van der Waals surface area contributed by atoms with Gasteiger partial charge in [0.15, 0.2) is 0 Å². The number of ether oxygens (including phenoxy) is 1. The number of hydrogen-bond donors (Lipinski definition) is 2. The van der Waals surface area contributed by atoms with Crippen LogP contribution in [0.3, 0.4) is 0 Å². The summed E-state index contributed by atoms with van der Waals surface area (Å²) in [7, 11) is 0. The van der Waals surface area contributed by atoms with Crippen molar-refractivity contribution in [2.45, 2.75) is 26.3 Å². The molecule has 5 nitrogen and oxygen atoms in total. The molecule has 0 bridgehead atoms. The zero-order valence-electron chi connectivity index (χ0n) is 8.41. The molecular formula is C9H15N3O2. The summed E-state index contributed by atoms with van der Waals surface area (Å²) >= 11 is 0. The van der Waals surface area contributed by atoms with Gasteiger partial charge in [0.2, 0.25) is 0 Å². The number of nitrogens with zero attached hydrogens (tertiary/aromatic N) is 1. The van der Waals surface area contributed by atoms with Crippen LogP contribution in [-0.4, -0.2) is 22.7 Å². The molecule has 0 aliphatic carbocycles. The van der Waals surface area contributed by atoms with Crippen LogP contribution >= 0.6 is 0 Å². The number of aromatic amines is 1. The van der Waals surface area contributed by atoms with Crippen LogP contribution in [0.25, 0.3) is 0 Å². The van der Waals surface area contributed by atoms with Gasteiger partial charge >= 0.3 is 6.09 Å². The van der Waals surface area contributed by atoms with Crippen molar-refractivity contribution in [1.29, 1.82) is 0 Å². The molecule has 78 valence electrons. The number of nitrogens with one attached hydrogen (secondary N) is 2. The third kappa shape index (κ3) is 2.76. The van der Waals surface area contributed by atoms with Gasteiger partial charge in [-0.15, -0.1) is 0 Å². The quantitative estimate of drug-likeness (QED) is 0.770. The number of alkyl carbamates (subject to hydrolysis) is 1. The van der Waals surface area contributed by atoms with E-state index in [-0.39, 0.29) is 6.04 Å². The molecule has 0 aromatic carbocycles. The number of carbonyl (C=O) groups excluding carboxylic acids is 1.